The highest BCUT2D eigenvalue weighted by Crippen LogP contribution is 2.11. The van der Waals surface area contributed by atoms with E-state index >= 15 is 0 Å². The Morgan fingerprint density at radius 2 is 2.06 bits per heavy atom. The first-order valence-electron chi connectivity index (χ1n) is 6.55. The number of hydrogen-bond donors (Lipinski definition) is 1. The van der Waals surface area contributed by atoms with Gasteiger partial charge in [-0.05, 0) is 53.2 Å². The third kappa shape index (κ3) is 5.84. The van der Waals surface area contributed by atoms with Gasteiger partial charge in [-0.2, -0.15) is 0 Å². The first kappa shape index (κ1) is 14.9. The summed E-state index contributed by atoms with van der Waals surface area (Å²) in [6.45, 7) is 6.44. The van der Waals surface area contributed by atoms with Crippen molar-refractivity contribution in [2.75, 3.05) is 31.6 Å². The molecule has 1 aliphatic heterocycles. The Bertz CT molecular complexity index is 314. The molecule has 1 unspecified atom stereocenters. The van der Waals surface area contributed by atoms with E-state index in [9.17, 15) is 8.42 Å². The summed E-state index contributed by atoms with van der Waals surface area (Å²) in [5, 5.41) is 3.34. The minimum atomic E-state index is -2.73. The highest BCUT2D eigenvalue weighted by molar-refractivity contribution is 7.91. The predicted molar refractivity (Wildman–Crippen MR) is 72.1 cm³/mol. The van der Waals surface area contributed by atoms with Crippen LogP contribution in [0.3, 0.4) is 0 Å². The molecule has 17 heavy (non-hydrogen) atoms. The average molecular weight is 262 g/mol. The fraction of sp³-hybridized carbons (Fsp3) is 1.00. The van der Waals surface area contributed by atoms with Gasteiger partial charge in [0.15, 0.2) is 9.84 Å². The first-order chi connectivity index (χ1) is 7.91. The number of hydrogen-bond acceptors (Lipinski definition) is 4. The minimum absolute atomic E-state index is 0.197. The molecule has 1 heterocycles. The second-order valence-electron chi connectivity index (χ2n) is 5.34. The van der Waals surface area contributed by atoms with Crippen LogP contribution in [-0.2, 0) is 9.84 Å². The van der Waals surface area contributed by atoms with E-state index in [2.05, 4.69) is 31.1 Å². The topological polar surface area (TPSA) is 49.4 Å². The van der Waals surface area contributed by atoms with E-state index in [4.69, 9.17) is 0 Å². The molecule has 0 amide bonds. The smallest absolute Gasteiger partial charge is 0.151 e. The number of nitrogens with one attached hydrogen (secondary N) is 1. The molecule has 0 aromatic heterocycles. The molecule has 0 aromatic carbocycles. The molecule has 0 aliphatic carbocycles. The van der Waals surface area contributed by atoms with Crippen molar-refractivity contribution in [1.29, 1.82) is 0 Å². The number of unbranched alkanes of at least 4 members (excludes halogenated alkanes) is 1. The molecule has 0 radical (unpaired) electrons. The van der Waals surface area contributed by atoms with Crippen molar-refractivity contribution in [3.63, 3.8) is 0 Å². The molecule has 1 atom stereocenters. The molecule has 1 fully saturated rings. The third-order valence-corrected chi connectivity index (χ3v) is 5.25. The van der Waals surface area contributed by atoms with Crippen molar-refractivity contribution in [3.8, 4) is 0 Å². The van der Waals surface area contributed by atoms with Gasteiger partial charge in [-0.25, -0.2) is 8.42 Å². The van der Waals surface area contributed by atoms with Gasteiger partial charge in [0.1, 0.15) is 0 Å². The van der Waals surface area contributed by atoms with Crippen molar-refractivity contribution >= 4 is 9.84 Å². The second-order valence-corrected chi connectivity index (χ2v) is 7.56. The van der Waals surface area contributed by atoms with Crippen molar-refractivity contribution < 1.29 is 8.42 Å². The van der Waals surface area contributed by atoms with E-state index in [0.29, 0.717) is 17.5 Å². The zero-order valence-corrected chi connectivity index (χ0v) is 12.1. The van der Waals surface area contributed by atoms with E-state index < -0.39 is 9.84 Å². The van der Waals surface area contributed by atoms with Crippen molar-refractivity contribution in [2.45, 2.75) is 45.2 Å². The summed E-state index contributed by atoms with van der Waals surface area (Å²) < 4.78 is 22.5. The van der Waals surface area contributed by atoms with Crippen LogP contribution in [0.15, 0.2) is 0 Å². The molecular weight excluding hydrogens is 236 g/mol. The Balaban J connectivity index is 2.02. The summed E-state index contributed by atoms with van der Waals surface area (Å²) in [5.74, 6) is 0.694. The number of nitrogens with zero attached hydrogens (tertiary/aromatic N) is 1. The van der Waals surface area contributed by atoms with Crippen molar-refractivity contribution in [2.24, 2.45) is 0 Å². The standard InChI is InChI=1S/C12H26N2O2S/c1-11(2)14(3)8-5-4-7-13-12-6-9-17(15,16)10-12/h11-13H,4-10H2,1-3H3. The summed E-state index contributed by atoms with van der Waals surface area (Å²) in [4.78, 5) is 2.33. The molecule has 4 nitrogen and oxygen atoms in total. The third-order valence-electron chi connectivity index (χ3n) is 3.48. The largest absolute Gasteiger partial charge is 0.313 e. The highest BCUT2D eigenvalue weighted by atomic mass is 32.2. The van der Waals surface area contributed by atoms with E-state index in [-0.39, 0.29) is 6.04 Å². The van der Waals surface area contributed by atoms with Gasteiger partial charge in [0.25, 0.3) is 0 Å². The molecular formula is C12H26N2O2S. The Labute approximate surface area is 106 Å². The summed E-state index contributed by atoms with van der Waals surface area (Å²) >= 11 is 0. The van der Waals surface area contributed by atoms with Gasteiger partial charge in [-0.3, -0.25) is 0 Å². The predicted octanol–water partition coefficient (Wildman–Crippen LogP) is 0.884. The van der Waals surface area contributed by atoms with Crippen LogP contribution in [0, 0.1) is 0 Å². The van der Waals surface area contributed by atoms with Gasteiger partial charge in [-0.15, -0.1) is 0 Å². The first-order valence-corrected chi connectivity index (χ1v) is 8.37. The molecule has 0 aromatic rings. The van der Waals surface area contributed by atoms with Gasteiger partial charge >= 0.3 is 0 Å². The number of sulfone groups is 1. The van der Waals surface area contributed by atoms with Crippen LogP contribution in [0.2, 0.25) is 0 Å². The van der Waals surface area contributed by atoms with Crippen LogP contribution < -0.4 is 5.32 Å². The lowest BCUT2D eigenvalue weighted by Gasteiger charge is -2.20. The average Bonchev–Trinajstić information content (AvgIpc) is 2.57. The van der Waals surface area contributed by atoms with Crippen molar-refractivity contribution in [1.82, 2.24) is 10.2 Å². The zero-order chi connectivity index (χ0) is 12.9. The monoisotopic (exact) mass is 262 g/mol. The molecule has 0 saturated carbocycles. The van der Waals surface area contributed by atoms with Gasteiger partial charge in [0.2, 0.25) is 0 Å². The molecule has 5 heteroatoms. The summed E-state index contributed by atoms with van der Waals surface area (Å²) in [6, 6.07) is 0.797. The zero-order valence-electron chi connectivity index (χ0n) is 11.3. The van der Waals surface area contributed by atoms with Crippen molar-refractivity contribution in [3.05, 3.63) is 0 Å². The maximum atomic E-state index is 11.2. The van der Waals surface area contributed by atoms with E-state index in [1.807, 2.05) is 0 Å². The van der Waals surface area contributed by atoms with Gasteiger partial charge < -0.3 is 10.2 Å². The maximum absolute atomic E-state index is 11.2. The fourth-order valence-electron chi connectivity index (χ4n) is 2.01. The lowest BCUT2D eigenvalue weighted by Crippen LogP contribution is -2.32. The van der Waals surface area contributed by atoms with Crippen LogP contribution >= 0.6 is 0 Å². The molecule has 1 saturated heterocycles. The summed E-state index contributed by atoms with van der Waals surface area (Å²) in [5.41, 5.74) is 0. The van der Waals surface area contributed by atoms with Crippen LogP contribution in [-0.4, -0.2) is 57.0 Å². The molecule has 1 N–H and O–H groups in total. The molecule has 1 aliphatic rings. The fourth-order valence-corrected chi connectivity index (χ4v) is 3.71. The summed E-state index contributed by atoms with van der Waals surface area (Å²) in [7, 11) is -0.593. The Hall–Kier alpha value is -0.130. The van der Waals surface area contributed by atoms with Crippen LogP contribution in [0.25, 0.3) is 0 Å². The quantitative estimate of drug-likeness (QED) is 0.692. The maximum Gasteiger partial charge on any atom is 0.151 e. The summed E-state index contributed by atoms with van der Waals surface area (Å²) in [6.07, 6.45) is 3.07. The SMILES string of the molecule is CC(C)N(C)CCCCNC1CCS(=O)(=O)C1. The molecule has 0 bridgehead atoms. The van der Waals surface area contributed by atoms with Crippen LogP contribution in [0.1, 0.15) is 33.1 Å². The highest BCUT2D eigenvalue weighted by Gasteiger charge is 2.26. The van der Waals surface area contributed by atoms with Crippen LogP contribution in [0.4, 0.5) is 0 Å². The lowest BCUT2D eigenvalue weighted by molar-refractivity contribution is 0.267. The Morgan fingerprint density at radius 3 is 2.59 bits per heavy atom. The normalized spacial score (nSPS) is 23.7. The minimum Gasteiger partial charge on any atom is -0.313 e. The van der Waals surface area contributed by atoms with E-state index in [0.717, 1.165) is 25.9 Å². The Morgan fingerprint density at radius 1 is 1.35 bits per heavy atom. The van der Waals surface area contributed by atoms with Gasteiger partial charge in [0.05, 0.1) is 11.5 Å². The second kappa shape index (κ2) is 6.71. The van der Waals surface area contributed by atoms with E-state index in [1.54, 1.807) is 0 Å². The molecule has 1 rings (SSSR count). The van der Waals surface area contributed by atoms with E-state index in [1.165, 1.54) is 6.42 Å². The van der Waals surface area contributed by atoms with Gasteiger partial charge in [0, 0.05) is 12.1 Å². The lowest BCUT2D eigenvalue weighted by atomic mass is 10.2. The number of rotatable bonds is 7. The van der Waals surface area contributed by atoms with Crippen LogP contribution in [0.5, 0.6) is 0 Å². The Kier molecular flexibility index (Phi) is 5.89. The molecule has 102 valence electrons. The van der Waals surface area contributed by atoms with Gasteiger partial charge in [-0.1, -0.05) is 0 Å². The molecule has 0 spiro atoms.